The molecule has 0 aromatic carbocycles. The van der Waals surface area contributed by atoms with E-state index in [0.29, 0.717) is 6.04 Å². The number of likely N-dealkylation sites (N-methyl/N-ethyl adjacent to an activating group) is 1. The van der Waals surface area contributed by atoms with Gasteiger partial charge in [0.1, 0.15) is 0 Å². The molecule has 0 amide bonds. The van der Waals surface area contributed by atoms with Gasteiger partial charge in [0.25, 0.3) is 0 Å². The largest absolute Gasteiger partial charge is 0.300 e. The third-order valence-corrected chi connectivity index (χ3v) is 2.14. The van der Waals surface area contributed by atoms with Crippen molar-refractivity contribution in [3.63, 3.8) is 0 Å². The number of hydrogen-bond donors (Lipinski definition) is 1. The maximum atomic E-state index is 5.24. The number of likely N-dealkylation sites (tertiary alicyclic amines) is 1. The summed E-state index contributed by atoms with van der Waals surface area (Å²) in [6.45, 7) is 7.67. The van der Waals surface area contributed by atoms with Gasteiger partial charge < -0.3 is 4.90 Å². The second kappa shape index (κ2) is 3.75. The summed E-state index contributed by atoms with van der Waals surface area (Å²) in [6, 6.07) is 0.847. The minimum atomic E-state index is 0.221. The van der Waals surface area contributed by atoms with E-state index in [1.165, 1.54) is 0 Å². The first-order chi connectivity index (χ1) is 5.26. The fourth-order valence-corrected chi connectivity index (χ4v) is 1.34. The average molecular weight is 152 g/mol. The Morgan fingerprint density at radius 2 is 2.36 bits per heavy atom. The summed E-state index contributed by atoms with van der Waals surface area (Å²) in [6.07, 6.45) is 5.24. The van der Waals surface area contributed by atoms with E-state index in [4.69, 9.17) is 6.42 Å². The van der Waals surface area contributed by atoms with Gasteiger partial charge in [0, 0.05) is 19.1 Å². The molecule has 0 spiro atoms. The number of hydrogen-bond acceptors (Lipinski definition) is 2. The molecule has 2 heteroatoms. The van der Waals surface area contributed by atoms with Crippen LogP contribution in [0.25, 0.3) is 0 Å². The zero-order chi connectivity index (χ0) is 8.27. The van der Waals surface area contributed by atoms with Crippen molar-refractivity contribution in [3.05, 3.63) is 0 Å². The highest BCUT2D eigenvalue weighted by atomic mass is 15.2. The van der Waals surface area contributed by atoms with E-state index in [-0.39, 0.29) is 6.04 Å². The van der Waals surface area contributed by atoms with E-state index in [1.54, 1.807) is 0 Å². The van der Waals surface area contributed by atoms with E-state index in [9.17, 15) is 0 Å². The third kappa shape index (κ3) is 2.21. The van der Waals surface area contributed by atoms with Crippen LogP contribution in [0, 0.1) is 12.3 Å². The van der Waals surface area contributed by atoms with Crippen molar-refractivity contribution in [1.29, 1.82) is 0 Å². The number of nitrogens with zero attached hydrogens (tertiary/aromatic N) is 1. The standard InChI is InChI=1S/C9H16N2/c1-4-8(3)10-9-6-11(5-2)7-9/h1,8-10H,5-7H2,2-3H3. The lowest BCUT2D eigenvalue weighted by Crippen LogP contribution is -2.59. The molecule has 0 bridgehead atoms. The van der Waals surface area contributed by atoms with Gasteiger partial charge in [0.05, 0.1) is 6.04 Å². The van der Waals surface area contributed by atoms with Gasteiger partial charge in [0.15, 0.2) is 0 Å². The molecule has 1 heterocycles. The molecule has 0 aromatic heterocycles. The van der Waals surface area contributed by atoms with Crippen LogP contribution < -0.4 is 5.32 Å². The minimum Gasteiger partial charge on any atom is -0.300 e. The molecule has 0 saturated carbocycles. The Hall–Kier alpha value is -0.520. The molecule has 2 nitrogen and oxygen atoms in total. The fourth-order valence-electron chi connectivity index (χ4n) is 1.34. The quantitative estimate of drug-likeness (QED) is 0.585. The van der Waals surface area contributed by atoms with Gasteiger partial charge in [-0.3, -0.25) is 5.32 Å². The van der Waals surface area contributed by atoms with Crippen LogP contribution in [0.2, 0.25) is 0 Å². The highest BCUT2D eigenvalue weighted by Crippen LogP contribution is 2.06. The van der Waals surface area contributed by atoms with E-state index >= 15 is 0 Å². The molecule has 0 aromatic rings. The zero-order valence-electron chi connectivity index (χ0n) is 7.30. The Morgan fingerprint density at radius 1 is 1.73 bits per heavy atom. The Balaban J connectivity index is 2.10. The van der Waals surface area contributed by atoms with Crippen molar-refractivity contribution in [1.82, 2.24) is 10.2 Å². The molecular formula is C9H16N2. The molecule has 1 unspecified atom stereocenters. The van der Waals surface area contributed by atoms with Crippen molar-refractivity contribution in [2.24, 2.45) is 0 Å². The molecule has 0 aliphatic carbocycles. The molecule has 11 heavy (non-hydrogen) atoms. The van der Waals surface area contributed by atoms with Crippen molar-refractivity contribution < 1.29 is 0 Å². The molecule has 1 saturated heterocycles. The summed E-state index contributed by atoms with van der Waals surface area (Å²) in [5.41, 5.74) is 0. The predicted octanol–water partition coefficient (Wildman–Crippen LogP) is 0.302. The van der Waals surface area contributed by atoms with Crippen LogP contribution in [0.4, 0.5) is 0 Å². The Labute approximate surface area is 69.0 Å². The topological polar surface area (TPSA) is 15.3 Å². The Morgan fingerprint density at radius 3 is 2.82 bits per heavy atom. The van der Waals surface area contributed by atoms with Crippen molar-refractivity contribution in [2.45, 2.75) is 25.9 Å². The van der Waals surface area contributed by atoms with Crippen molar-refractivity contribution >= 4 is 0 Å². The van der Waals surface area contributed by atoms with E-state index in [0.717, 1.165) is 19.6 Å². The molecule has 1 N–H and O–H groups in total. The smallest absolute Gasteiger partial charge is 0.0661 e. The average Bonchev–Trinajstić information content (AvgIpc) is 1.95. The number of rotatable bonds is 3. The molecular weight excluding hydrogens is 136 g/mol. The van der Waals surface area contributed by atoms with Gasteiger partial charge in [-0.05, 0) is 13.5 Å². The summed E-state index contributed by atoms with van der Waals surface area (Å²) in [4.78, 5) is 2.39. The van der Waals surface area contributed by atoms with Crippen LogP contribution in [0.5, 0.6) is 0 Å². The van der Waals surface area contributed by atoms with E-state index in [1.807, 2.05) is 6.92 Å². The fraction of sp³-hybridized carbons (Fsp3) is 0.778. The summed E-state index contributed by atoms with van der Waals surface area (Å²) >= 11 is 0. The molecule has 1 fully saturated rings. The van der Waals surface area contributed by atoms with Gasteiger partial charge in [-0.15, -0.1) is 6.42 Å². The van der Waals surface area contributed by atoms with Crippen LogP contribution in [0.1, 0.15) is 13.8 Å². The highest BCUT2D eigenvalue weighted by Gasteiger charge is 2.25. The van der Waals surface area contributed by atoms with Gasteiger partial charge in [-0.25, -0.2) is 0 Å². The van der Waals surface area contributed by atoms with E-state index < -0.39 is 0 Å². The molecule has 1 atom stereocenters. The first-order valence-corrected chi connectivity index (χ1v) is 4.20. The monoisotopic (exact) mass is 152 g/mol. The number of nitrogens with one attached hydrogen (secondary N) is 1. The van der Waals surface area contributed by atoms with Gasteiger partial charge in [-0.1, -0.05) is 12.8 Å². The van der Waals surface area contributed by atoms with Gasteiger partial charge >= 0.3 is 0 Å². The third-order valence-electron chi connectivity index (χ3n) is 2.14. The number of terminal acetylenes is 1. The molecule has 1 rings (SSSR count). The molecule has 1 aliphatic heterocycles. The lowest BCUT2D eigenvalue weighted by molar-refractivity contribution is 0.131. The van der Waals surface area contributed by atoms with E-state index in [2.05, 4.69) is 23.1 Å². The van der Waals surface area contributed by atoms with Crippen LogP contribution in [-0.4, -0.2) is 36.6 Å². The lowest BCUT2D eigenvalue weighted by atomic mass is 10.1. The van der Waals surface area contributed by atoms with Crippen LogP contribution in [-0.2, 0) is 0 Å². The van der Waals surface area contributed by atoms with Gasteiger partial charge in [-0.2, -0.15) is 0 Å². The second-order valence-electron chi connectivity index (χ2n) is 3.10. The van der Waals surface area contributed by atoms with Crippen LogP contribution >= 0.6 is 0 Å². The minimum absolute atomic E-state index is 0.221. The maximum absolute atomic E-state index is 5.24. The summed E-state index contributed by atoms with van der Waals surface area (Å²) in [5, 5.41) is 3.35. The maximum Gasteiger partial charge on any atom is 0.0661 e. The Bertz CT molecular complexity index is 153. The molecule has 0 radical (unpaired) electrons. The first-order valence-electron chi connectivity index (χ1n) is 4.20. The van der Waals surface area contributed by atoms with Crippen molar-refractivity contribution in [2.75, 3.05) is 19.6 Å². The summed E-state index contributed by atoms with van der Waals surface area (Å²) in [5.74, 6) is 2.67. The van der Waals surface area contributed by atoms with Crippen LogP contribution in [0.15, 0.2) is 0 Å². The molecule has 62 valence electrons. The first kappa shape index (κ1) is 8.58. The Kier molecular flexibility index (Phi) is 2.92. The summed E-state index contributed by atoms with van der Waals surface area (Å²) < 4.78 is 0. The molecule has 1 aliphatic rings. The predicted molar refractivity (Wildman–Crippen MR) is 47.3 cm³/mol. The SMILES string of the molecule is C#CC(C)NC1CN(CC)C1. The lowest BCUT2D eigenvalue weighted by Gasteiger charge is -2.39. The second-order valence-corrected chi connectivity index (χ2v) is 3.10. The normalized spacial score (nSPS) is 22.3. The highest BCUT2D eigenvalue weighted by molar-refractivity contribution is 4.99. The van der Waals surface area contributed by atoms with Crippen molar-refractivity contribution in [3.8, 4) is 12.3 Å². The van der Waals surface area contributed by atoms with Crippen LogP contribution in [0.3, 0.4) is 0 Å². The summed E-state index contributed by atoms with van der Waals surface area (Å²) in [7, 11) is 0. The zero-order valence-corrected chi connectivity index (χ0v) is 7.30. The van der Waals surface area contributed by atoms with Gasteiger partial charge in [0.2, 0.25) is 0 Å².